The molecular weight excluding hydrogens is 236 g/mol. The Hall–Kier alpha value is -1.94. The zero-order chi connectivity index (χ0) is 13.1. The molecular formula is C15H18N4. The van der Waals surface area contributed by atoms with E-state index in [0.717, 1.165) is 37.3 Å². The number of benzene rings is 1. The van der Waals surface area contributed by atoms with Crippen LogP contribution in [-0.4, -0.2) is 23.1 Å². The highest BCUT2D eigenvalue weighted by atomic mass is 15.1. The van der Waals surface area contributed by atoms with E-state index in [1.165, 1.54) is 11.1 Å². The summed E-state index contributed by atoms with van der Waals surface area (Å²) < 4.78 is 0. The lowest BCUT2D eigenvalue weighted by molar-refractivity contribution is 0.708. The number of aryl methyl sites for hydroxylation is 1. The molecule has 4 heteroatoms. The van der Waals surface area contributed by atoms with Crippen LogP contribution < -0.4 is 10.6 Å². The zero-order valence-corrected chi connectivity index (χ0v) is 11.1. The first kappa shape index (κ1) is 12.1. The molecule has 2 aromatic rings. The van der Waals surface area contributed by atoms with Crippen molar-refractivity contribution >= 4 is 11.6 Å². The van der Waals surface area contributed by atoms with E-state index in [1.54, 1.807) is 0 Å². The number of fused-ring (bicyclic) bond motifs is 1. The van der Waals surface area contributed by atoms with Gasteiger partial charge < -0.3 is 10.6 Å². The van der Waals surface area contributed by atoms with E-state index in [9.17, 15) is 0 Å². The average molecular weight is 254 g/mol. The Morgan fingerprint density at radius 2 is 2.11 bits per heavy atom. The lowest BCUT2D eigenvalue weighted by Crippen LogP contribution is -2.16. The van der Waals surface area contributed by atoms with Gasteiger partial charge in [-0.3, -0.25) is 0 Å². The number of aromatic nitrogens is 2. The SMILES string of the molecule is Cc1cccc(Nc2ncc3c(n2)CCNCC3)c1. The standard InChI is InChI=1S/C15H18N4/c1-11-3-2-4-13(9-11)18-15-17-10-12-5-7-16-8-6-14(12)19-15/h2-4,9-10,16H,5-8H2,1H3,(H,17,18,19). The second-order valence-electron chi connectivity index (χ2n) is 4.91. The van der Waals surface area contributed by atoms with Crippen molar-refractivity contribution in [2.75, 3.05) is 18.4 Å². The fourth-order valence-corrected chi connectivity index (χ4v) is 2.33. The molecule has 0 bridgehead atoms. The van der Waals surface area contributed by atoms with Gasteiger partial charge in [0, 0.05) is 24.8 Å². The van der Waals surface area contributed by atoms with Crippen LogP contribution in [0.4, 0.5) is 11.6 Å². The molecule has 0 spiro atoms. The number of hydrogen-bond donors (Lipinski definition) is 2. The van der Waals surface area contributed by atoms with Crippen molar-refractivity contribution in [3.8, 4) is 0 Å². The van der Waals surface area contributed by atoms with Gasteiger partial charge in [-0.2, -0.15) is 0 Å². The first-order valence-electron chi connectivity index (χ1n) is 6.70. The molecule has 0 aliphatic carbocycles. The van der Waals surface area contributed by atoms with Gasteiger partial charge in [-0.15, -0.1) is 0 Å². The smallest absolute Gasteiger partial charge is 0.227 e. The molecule has 0 amide bonds. The van der Waals surface area contributed by atoms with Crippen molar-refractivity contribution in [1.29, 1.82) is 0 Å². The van der Waals surface area contributed by atoms with Gasteiger partial charge >= 0.3 is 0 Å². The summed E-state index contributed by atoms with van der Waals surface area (Å²) >= 11 is 0. The monoisotopic (exact) mass is 254 g/mol. The van der Waals surface area contributed by atoms with Gasteiger partial charge in [0.1, 0.15) is 0 Å². The lowest BCUT2D eigenvalue weighted by atomic mass is 10.1. The van der Waals surface area contributed by atoms with E-state index < -0.39 is 0 Å². The normalized spacial score (nSPS) is 14.6. The molecule has 1 aromatic carbocycles. The maximum atomic E-state index is 4.64. The van der Waals surface area contributed by atoms with Crippen LogP contribution in [0.25, 0.3) is 0 Å². The minimum absolute atomic E-state index is 0.686. The van der Waals surface area contributed by atoms with Crippen LogP contribution in [0.1, 0.15) is 16.8 Å². The van der Waals surface area contributed by atoms with Gasteiger partial charge in [-0.1, -0.05) is 12.1 Å². The minimum atomic E-state index is 0.686. The van der Waals surface area contributed by atoms with E-state index in [0.29, 0.717) is 5.95 Å². The number of hydrogen-bond acceptors (Lipinski definition) is 4. The van der Waals surface area contributed by atoms with Crippen LogP contribution in [0.3, 0.4) is 0 Å². The molecule has 2 heterocycles. The Balaban J connectivity index is 1.84. The molecule has 0 radical (unpaired) electrons. The Kier molecular flexibility index (Phi) is 3.42. The van der Waals surface area contributed by atoms with Crippen molar-refractivity contribution in [1.82, 2.24) is 15.3 Å². The summed E-state index contributed by atoms with van der Waals surface area (Å²) in [7, 11) is 0. The van der Waals surface area contributed by atoms with Gasteiger partial charge in [0.05, 0.1) is 5.69 Å². The average Bonchev–Trinajstić information content (AvgIpc) is 2.63. The van der Waals surface area contributed by atoms with E-state index in [1.807, 2.05) is 18.3 Å². The molecule has 98 valence electrons. The molecule has 4 nitrogen and oxygen atoms in total. The van der Waals surface area contributed by atoms with Crippen molar-refractivity contribution in [3.05, 3.63) is 47.3 Å². The van der Waals surface area contributed by atoms with E-state index >= 15 is 0 Å². The molecule has 2 N–H and O–H groups in total. The topological polar surface area (TPSA) is 49.8 Å². The molecule has 0 atom stereocenters. The van der Waals surface area contributed by atoms with Crippen LogP contribution in [0, 0.1) is 6.92 Å². The number of rotatable bonds is 2. The summed E-state index contributed by atoms with van der Waals surface area (Å²) in [5.74, 6) is 0.686. The van der Waals surface area contributed by atoms with Crippen LogP contribution >= 0.6 is 0 Å². The second-order valence-corrected chi connectivity index (χ2v) is 4.91. The van der Waals surface area contributed by atoms with Crippen LogP contribution in [-0.2, 0) is 12.8 Å². The first-order chi connectivity index (χ1) is 9.31. The van der Waals surface area contributed by atoms with Crippen LogP contribution in [0.5, 0.6) is 0 Å². The fraction of sp³-hybridized carbons (Fsp3) is 0.333. The number of nitrogens with one attached hydrogen (secondary N) is 2. The summed E-state index contributed by atoms with van der Waals surface area (Å²) in [5.41, 5.74) is 4.69. The Labute approximate surface area is 113 Å². The van der Waals surface area contributed by atoms with E-state index in [-0.39, 0.29) is 0 Å². The lowest BCUT2D eigenvalue weighted by Gasteiger charge is -2.09. The molecule has 1 aliphatic rings. The quantitative estimate of drug-likeness (QED) is 0.862. The third kappa shape index (κ3) is 2.90. The van der Waals surface area contributed by atoms with Crippen molar-refractivity contribution in [2.24, 2.45) is 0 Å². The van der Waals surface area contributed by atoms with Gasteiger partial charge in [-0.25, -0.2) is 9.97 Å². The predicted molar refractivity (Wildman–Crippen MR) is 76.8 cm³/mol. The molecule has 0 saturated heterocycles. The largest absolute Gasteiger partial charge is 0.324 e. The maximum Gasteiger partial charge on any atom is 0.227 e. The highest BCUT2D eigenvalue weighted by Gasteiger charge is 2.10. The van der Waals surface area contributed by atoms with Gasteiger partial charge in [0.2, 0.25) is 5.95 Å². The molecule has 3 rings (SSSR count). The van der Waals surface area contributed by atoms with Gasteiger partial charge in [-0.05, 0) is 43.1 Å². The summed E-state index contributed by atoms with van der Waals surface area (Å²) in [6.45, 7) is 4.09. The highest BCUT2D eigenvalue weighted by molar-refractivity contribution is 5.54. The highest BCUT2D eigenvalue weighted by Crippen LogP contribution is 2.17. The van der Waals surface area contributed by atoms with Crippen LogP contribution in [0.2, 0.25) is 0 Å². The number of anilines is 2. The van der Waals surface area contributed by atoms with Crippen molar-refractivity contribution < 1.29 is 0 Å². The third-order valence-electron chi connectivity index (χ3n) is 3.34. The Morgan fingerprint density at radius 3 is 3.00 bits per heavy atom. The zero-order valence-electron chi connectivity index (χ0n) is 11.1. The van der Waals surface area contributed by atoms with E-state index in [2.05, 4.69) is 39.7 Å². The molecule has 0 unspecified atom stereocenters. The van der Waals surface area contributed by atoms with Crippen LogP contribution in [0.15, 0.2) is 30.5 Å². The van der Waals surface area contributed by atoms with Crippen molar-refractivity contribution in [2.45, 2.75) is 19.8 Å². The summed E-state index contributed by atoms with van der Waals surface area (Å²) in [4.78, 5) is 9.04. The first-order valence-corrected chi connectivity index (χ1v) is 6.70. The van der Waals surface area contributed by atoms with Gasteiger partial charge in [0.25, 0.3) is 0 Å². The Bertz CT molecular complexity index is 580. The maximum absolute atomic E-state index is 4.64. The molecule has 19 heavy (non-hydrogen) atoms. The minimum Gasteiger partial charge on any atom is -0.324 e. The molecule has 1 aromatic heterocycles. The fourth-order valence-electron chi connectivity index (χ4n) is 2.33. The third-order valence-corrected chi connectivity index (χ3v) is 3.34. The molecule has 0 saturated carbocycles. The summed E-state index contributed by atoms with van der Waals surface area (Å²) in [5, 5.41) is 6.66. The second kappa shape index (κ2) is 5.36. The molecule has 0 fully saturated rings. The predicted octanol–water partition coefficient (Wildman–Crippen LogP) is 2.22. The Morgan fingerprint density at radius 1 is 1.21 bits per heavy atom. The summed E-state index contributed by atoms with van der Waals surface area (Å²) in [6.07, 6.45) is 3.94. The van der Waals surface area contributed by atoms with Gasteiger partial charge in [0.15, 0.2) is 0 Å². The van der Waals surface area contributed by atoms with E-state index in [4.69, 9.17) is 0 Å². The molecule has 1 aliphatic heterocycles. The summed E-state index contributed by atoms with van der Waals surface area (Å²) in [6, 6.07) is 8.24. The van der Waals surface area contributed by atoms with Crippen molar-refractivity contribution in [3.63, 3.8) is 0 Å². The number of nitrogens with zero attached hydrogens (tertiary/aromatic N) is 2.